The second-order valence-corrected chi connectivity index (χ2v) is 4.43. The third-order valence-corrected chi connectivity index (χ3v) is 3.16. The van der Waals surface area contributed by atoms with E-state index < -0.39 is 29.6 Å². The van der Waals surface area contributed by atoms with Crippen LogP contribution in [0.25, 0.3) is 0 Å². The van der Waals surface area contributed by atoms with Crippen molar-refractivity contribution in [1.82, 2.24) is 0 Å². The minimum Gasteiger partial charge on any atom is -0.394 e. The largest absolute Gasteiger partial charge is 0.394 e. The summed E-state index contributed by atoms with van der Waals surface area (Å²) in [5, 5.41) is 32.4. The third kappa shape index (κ3) is 3.22. The number of aliphatic hydroxyl groups excluding tert-OH is 2. The molecule has 0 aliphatic rings. The topological polar surface area (TPSA) is 139 Å². The van der Waals surface area contributed by atoms with Crippen molar-refractivity contribution in [3.05, 3.63) is 33.9 Å². The van der Waals surface area contributed by atoms with Crippen LogP contribution in [0.1, 0.15) is 23.7 Å². The number of hydrogen-bond donors (Lipinski definition) is 4. The standard InChI is InChI=1S/C12H17N3O5/c1-2-12(6-16,7-17)14-9-5-8(11(13)18)3-4-10(9)15(19)20/h3-5,14,16-17H,2,6-7H2,1H3,(H2,13,18). The van der Waals surface area contributed by atoms with E-state index in [1.54, 1.807) is 6.92 Å². The Morgan fingerprint density at radius 2 is 2.05 bits per heavy atom. The molecule has 0 unspecified atom stereocenters. The van der Waals surface area contributed by atoms with Crippen LogP contribution in [0, 0.1) is 10.1 Å². The Morgan fingerprint density at radius 1 is 1.45 bits per heavy atom. The molecule has 0 radical (unpaired) electrons. The van der Waals surface area contributed by atoms with Gasteiger partial charge in [-0.15, -0.1) is 0 Å². The third-order valence-electron chi connectivity index (χ3n) is 3.16. The average Bonchev–Trinajstić information content (AvgIpc) is 2.44. The molecule has 0 aliphatic heterocycles. The predicted molar refractivity (Wildman–Crippen MR) is 72.4 cm³/mol. The van der Waals surface area contributed by atoms with Crippen LogP contribution >= 0.6 is 0 Å². The van der Waals surface area contributed by atoms with E-state index in [1.165, 1.54) is 12.1 Å². The highest BCUT2D eigenvalue weighted by Crippen LogP contribution is 2.29. The molecular weight excluding hydrogens is 266 g/mol. The Hall–Kier alpha value is -2.19. The second kappa shape index (κ2) is 6.31. The zero-order chi connectivity index (χ0) is 15.3. The molecular formula is C12H17N3O5. The molecule has 0 aromatic heterocycles. The van der Waals surface area contributed by atoms with E-state index in [1.807, 2.05) is 0 Å². The first-order valence-corrected chi connectivity index (χ1v) is 5.97. The Kier molecular flexibility index (Phi) is 5.00. The number of primary amides is 1. The summed E-state index contributed by atoms with van der Waals surface area (Å²) in [5.41, 5.74) is 3.88. The molecule has 0 bridgehead atoms. The van der Waals surface area contributed by atoms with E-state index in [9.17, 15) is 25.1 Å². The van der Waals surface area contributed by atoms with Gasteiger partial charge in [0.1, 0.15) is 5.69 Å². The number of nitrogens with zero attached hydrogens (tertiary/aromatic N) is 1. The number of nitrogens with two attached hydrogens (primary N) is 1. The van der Waals surface area contributed by atoms with Crippen LogP contribution in [-0.4, -0.2) is 39.8 Å². The molecule has 0 aliphatic carbocycles. The van der Waals surface area contributed by atoms with Gasteiger partial charge in [0.2, 0.25) is 5.91 Å². The van der Waals surface area contributed by atoms with Gasteiger partial charge >= 0.3 is 0 Å². The fourth-order valence-corrected chi connectivity index (χ4v) is 1.68. The van der Waals surface area contributed by atoms with Gasteiger partial charge < -0.3 is 21.3 Å². The lowest BCUT2D eigenvalue weighted by Crippen LogP contribution is -2.45. The second-order valence-electron chi connectivity index (χ2n) is 4.43. The highest BCUT2D eigenvalue weighted by atomic mass is 16.6. The molecule has 110 valence electrons. The monoisotopic (exact) mass is 283 g/mol. The number of nitro groups is 1. The summed E-state index contributed by atoms with van der Waals surface area (Å²) >= 11 is 0. The first-order chi connectivity index (χ1) is 9.39. The van der Waals surface area contributed by atoms with Gasteiger partial charge in [-0.1, -0.05) is 6.92 Å². The molecule has 1 amide bonds. The van der Waals surface area contributed by atoms with Crippen LogP contribution in [-0.2, 0) is 0 Å². The average molecular weight is 283 g/mol. The Labute approximate surface area is 115 Å². The molecule has 1 aromatic carbocycles. The summed E-state index contributed by atoms with van der Waals surface area (Å²) in [7, 11) is 0. The number of nitro benzene ring substituents is 1. The Balaban J connectivity index is 3.29. The minimum absolute atomic E-state index is 0.0243. The summed E-state index contributed by atoms with van der Waals surface area (Å²) in [6.45, 7) is 0.874. The van der Waals surface area contributed by atoms with Gasteiger partial charge in [-0.05, 0) is 18.6 Å². The minimum atomic E-state index is -1.11. The first-order valence-electron chi connectivity index (χ1n) is 5.97. The number of nitrogens with one attached hydrogen (secondary N) is 1. The van der Waals surface area contributed by atoms with Crippen molar-refractivity contribution in [1.29, 1.82) is 0 Å². The van der Waals surface area contributed by atoms with Gasteiger partial charge in [-0.3, -0.25) is 14.9 Å². The summed E-state index contributed by atoms with van der Waals surface area (Å²) < 4.78 is 0. The van der Waals surface area contributed by atoms with Gasteiger partial charge in [0.25, 0.3) is 5.69 Å². The van der Waals surface area contributed by atoms with Crippen LogP contribution in [0.15, 0.2) is 18.2 Å². The first kappa shape index (κ1) is 15.9. The van der Waals surface area contributed by atoms with Crippen molar-refractivity contribution < 1.29 is 19.9 Å². The van der Waals surface area contributed by atoms with Crippen molar-refractivity contribution in [3.63, 3.8) is 0 Å². The van der Waals surface area contributed by atoms with Crippen molar-refractivity contribution >= 4 is 17.3 Å². The lowest BCUT2D eigenvalue weighted by atomic mass is 9.97. The van der Waals surface area contributed by atoms with Crippen molar-refractivity contribution in [3.8, 4) is 0 Å². The van der Waals surface area contributed by atoms with Gasteiger partial charge in [0.05, 0.1) is 23.7 Å². The number of carbonyl (C=O) groups is 1. The lowest BCUT2D eigenvalue weighted by Gasteiger charge is -2.30. The number of aliphatic hydroxyl groups is 2. The maximum atomic E-state index is 11.1. The van der Waals surface area contributed by atoms with E-state index in [0.29, 0.717) is 6.42 Å². The predicted octanol–water partition coefficient (Wildman–Crippen LogP) is 0.239. The van der Waals surface area contributed by atoms with Crippen molar-refractivity contribution in [2.75, 3.05) is 18.5 Å². The maximum absolute atomic E-state index is 11.1. The molecule has 20 heavy (non-hydrogen) atoms. The van der Waals surface area contributed by atoms with E-state index in [0.717, 1.165) is 6.07 Å². The number of hydrogen-bond acceptors (Lipinski definition) is 6. The van der Waals surface area contributed by atoms with E-state index in [-0.39, 0.29) is 16.9 Å². The van der Waals surface area contributed by atoms with E-state index in [2.05, 4.69) is 5.32 Å². The molecule has 8 heteroatoms. The van der Waals surface area contributed by atoms with E-state index in [4.69, 9.17) is 5.73 Å². The summed E-state index contributed by atoms with van der Waals surface area (Å²) in [6.07, 6.45) is 0.331. The zero-order valence-electron chi connectivity index (χ0n) is 11.0. The molecule has 5 N–H and O–H groups in total. The number of carbonyl (C=O) groups excluding carboxylic acids is 1. The smallest absolute Gasteiger partial charge is 0.292 e. The van der Waals surface area contributed by atoms with Crippen LogP contribution in [0.5, 0.6) is 0 Å². The quantitative estimate of drug-likeness (QED) is 0.417. The molecule has 0 heterocycles. The molecule has 0 saturated carbocycles. The number of benzene rings is 1. The number of rotatable bonds is 7. The van der Waals surface area contributed by atoms with E-state index >= 15 is 0 Å². The molecule has 8 nitrogen and oxygen atoms in total. The number of anilines is 1. The molecule has 1 aromatic rings. The van der Waals surface area contributed by atoms with Crippen LogP contribution in [0.4, 0.5) is 11.4 Å². The normalized spacial score (nSPS) is 11.2. The van der Waals surface area contributed by atoms with Crippen LogP contribution in [0.3, 0.4) is 0 Å². The zero-order valence-corrected chi connectivity index (χ0v) is 11.0. The van der Waals surface area contributed by atoms with Gasteiger partial charge in [0, 0.05) is 11.6 Å². The highest BCUT2D eigenvalue weighted by Gasteiger charge is 2.29. The SMILES string of the molecule is CCC(CO)(CO)Nc1cc(C(N)=O)ccc1[N+](=O)[O-]. The molecule has 0 fully saturated rings. The summed E-state index contributed by atoms with van der Waals surface area (Å²) in [6, 6.07) is 3.63. The van der Waals surface area contributed by atoms with Gasteiger partial charge in [0.15, 0.2) is 0 Å². The molecule has 0 atom stereocenters. The van der Waals surface area contributed by atoms with Crippen molar-refractivity contribution in [2.45, 2.75) is 18.9 Å². The fourth-order valence-electron chi connectivity index (χ4n) is 1.68. The molecule has 1 rings (SSSR count). The Bertz CT molecular complexity index is 506. The lowest BCUT2D eigenvalue weighted by molar-refractivity contribution is -0.384. The van der Waals surface area contributed by atoms with Crippen LogP contribution in [0.2, 0.25) is 0 Å². The van der Waals surface area contributed by atoms with Gasteiger partial charge in [-0.25, -0.2) is 0 Å². The maximum Gasteiger partial charge on any atom is 0.292 e. The molecule has 0 spiro atoms. The fraction of sp³-hybridized carbons (Fsp3) is 0.417. The van der Waals surface area contributed by atoms with Crippen molar-refractivity contribution in [2.24, 2.45) is 5.73 Å². The molecule has 0 saturated heterocycles. The van der Waals surface area contributed by atoms with Gasteiger partial charge in [-0.2, -0.15) is 0 Å². The summed E-state index contributed by atoms with van der Waals surface area (Å²) in [5.74, 6) is -0.724. The van der Waals surface area contributed by atoms with Crippen LogP contribution < -0.4 is 11.1 Å². The Morgan fingerprint density at radius 3 is 2.45 bits per heavy atom. The number of amides is 1. The summed E-state index contributed by atoms with van der Waals surface area (Å²) in [4.78, 5) is 21.5. The highest BCUT2D eigenvalue weighted by molar-refractivity contribution is 5.94.